The molecule has 0 saturated carbocycles. The van der Waals surface area contributed by atoms with Gasteiger partial charge in [-0.3, -0.25) is 5.10 Å². The maximum atomic E-state index is 11.2. The Morgan fingerprint density at radius 3 is 2.59 bits per heavy atom. The van der Waals surface area contributed by atoms with Crippen LogP contribution in [0, 0.1) is 0 Å². The molecule has 6 nitrogen and oxygen atoms in total. The molecule has 0 bridgehead atoms. The molecular formula is C16H21N5O. The lowest BCUT2D eigenvalue weighted by atomic mass is 9.92. The largest absolute Gasteiger partial charge is 0.323 e. The van der Waals surface area contributed by atoms with E-state index in [0.29, 0.717) is 0 Å². The first-order valence-corrected chi connectivity index (χ1v) is 7.38. The van der Waals surface area contributed by atoms with E-state index >= 15 is 0 Å². The van der Waals surface area contributed by atoms with Crippen molar-refractivity contribution in [2.75, 3.05) is 0 Å². The summed E-state index contributed by atoms with van der Waals surface area (Å²) < 4.78 is 0. The van der Waals surface area contributed by atoms with Gasteiger partial charge in [-0.15, -0.1) is 0 Å². The number of nitrogens with one attached hydrogen (secondary N) is 4. The summed E-state index contributed by atoms with van der Waals surface area (Å²) in [7, 11) is 0. The van der Waals surface area contributed by atoms with Gasteiger partial charge in [0.1, 0.15) is 0 Å². The van der Waals surface area contributed by atoms with E-state index in [0.717, 1.165) is 41.1 Å². The van der Waals surface area contributed by atoms with E-state index in [9.17, 15) is 4.79 Å². The Morgan fingerprint density at radius 2 is 1.86 bits per heavy atom. The molecule has 22 heavy (non-hydrogen) atoms. The number of rotatable bonds is 4. The van der Waals surface area contributed by atoms with Gasteiger partial charge in [0.2, 0.25) is 0 Å². The predicted octanol–water partition coefficient (Wildman–Crippen LogP) is 2.17. The summed E-state index contributed by atoms with van der Waals surface area (Å²) >= 11 is 0. The fourth-order valence-electron chi connectivity index (χ4n) is 2.37. The second kappa shape index (κ2) is 5.46. The van der Waals surface area contributed by atoms with Crippen molar-refractivity contribution in [3.63, 3.8) is 0 Å². The quantitative estimate of drug-likeness (QED) is 0.595. The molecule has 0 saturated heterocycles. The van der Waals surface area contributed by atoms with Crippen LogP contribution in [-0.2, 0) is 18.5 Å². The van der Waals surface area contributed by atoms with Crippen molar-refractivity contribution in [3.05, 3.63) is 51.7 Å². The van der Waals surface area contributed by atoms with Crippen LogP contribution in [0.2, 0.25) is 0 Å². The van der Waals surface area contributed by atoms with Crippen LogP contribution in [-0.4, -0.2) is 20.2 Å². The second-order valence-electron chi connectivity index (χ2n) is 6.59. The zero-order valence-corrected chi connectivity index (χ0v) is 13.1. The van der Waals surface area contributed by atoms with Gasteiger partial charge < -0.3 is 15.3 Å². The lowest BCUT2D eigenvalue weighted by Gasteiger charge is -2.13. The van der Waals surface area contributed by atoms with Gasteiger partial charge in [0, 0.05) is 24.2 Å². The minimum Gasteiger partial charge on any atom is -0.307 e. The molecule has 0 spiro atoms. The van der Waals surface area contributed by atoms with Crippen molar-refractivity contribution >= 4 is 11.0 Å². The van der Waals surface area contributed by atoms with Crippen LogP contribution in [0.4, 0.5) is 0 Å². The summed E-state index contributed by atoms with van der Waals surface area (Å²) in [5.74, 6) is 0. The van der Waals surface area contributed by atoms with Gasteiger partial charge in [-0.2, -0.15) is 5.10 Å². The maximum Gasteiger partial charge on any atom is 0.323 e. The highest BCUT2D eigenvalue weighted by Crippen LogP contribution is 2.20. The first kappa shape index (κ1) is 14.6. The molecule has 116 valence electrons. The van der Waals surface area contributed by atoms with E-state index in [2.05, 4.69) is 52.3 Å². The third kappa shape index (κ3) is 3.12. The molecule has 0 aliphatic rings. The number of benzene rings is 1. The molecular weight excluding hydrogens is 278 g/mol. The Balaban J connectivity index is 1.62. The molecule has 0 atom stereocenters. The summed E-state index contributed by atoms with van der Waals surface area (Å²) in [6.45, 7) is 7.89. The summed E-state index contributed by atoms with van der Waals surface area (Å²) in [4.78, 5) is 16.8. The Hall–Kier alpha value is -2.34. The van der Waals surface area contributed by atoms with E-state index < -0.39 is 0 Å². The van der Waals surface area contributed by atoms with Gasteiger partial charge in [0.25, 0.3) is 0 Å². The van der Waals surface area contributed by atoms with Crippen LogP contribution in [0.15, 0.2) is 29.1 Å². The van der Waals surface area contributed by atoms with Gasteiger partial charge in [-0.25, -0.2) is 4.79 Å². The number of nitrogens with zero attached hydrogens (tertiary/aromatic N) is 1. The summed E-state index contributed by atoms with van der Waals surface area (Å²) in [6, 6.07) is 8.00. The Kier molecular flexibility index (Phi) is 3.62. The maximum absolute atomic E-state index is 11.2. The zero-order valence-electron chi connectivity index (χ0n) is 13.1. The fourth-order valence-corrected chi connectivity index (χ4v) is 2.37. The molecule has 0 aliphatic carbocycles. The zero-order chi connectivity index (χ0) is 15.7. The Bertz CT molecular complexity index is 834. The van der Waals surface area contributed by atoms with Gasteiger partial charge in [0.05, 0.1) is 16.7 Å². The molecule has 4 N–H and O–H groups in total. The minimum atomic E-state index is -0.174. The topological polar surface area (TPSA) is 89.4 Å². The monoisotopic (exact) mass is 299 g/mol. The first-order valence-electron chi connectivity index (χ1n) is 7.38. The van der Waals surface area contributed by atoms with Crippen molar-refractivity contribution in [2.24, 2.45) is 0 Å². The normalized spacial score (nSPS) is 12.1. The van der Waals surface area contributed by atoms with E-state index in [1.807, 2.05) is 18.2 Å². The highest BCUT2D eigenvalue weighted by molar-refractivity contribution is 5.74. The van der Waals surface area contributed by atoms with Gasteiger partial charge >= 0.3 is 5.69 Å². The van der Waals surface area contributed by atoms with Crippen molar-refractivity contribution < 1.29 is 0 Å². The van der Waals surface area contributed by atoms with Crippen LogP contribution in [0.25, 0.3) is 11.0 Å². The van der Waals surface area contributed by atoms with E-state index in [4.69, 9.17) is 0 Å². The second-order valence-corrected chi connectivity index (χ2v) is 6.59. The molecule has 0 fully saturated rings. The van der Waals surface area contributed by atoms with Crippen LogP contribution in [0.5, 0.6) is 0 Å². The highest BCUT2D eigenvalue weighted by Gasteiger charge is 2.16. The smallest absolute Gasteiger partial charge is 0.307 e. The lowest BCUT2D eigenvalue weighted by Crippen LogP contribution is -2.13. The predicted molar refractivity (Wildman–Crippen MR) is 86.8 cm³/mol. The fraction of sp³-hybridized carbons (Fsp3) is 0.375. The SMILES string of the molecule is CC(C)(C)c1cc(CNCc2ccc3[nH]c(=O)[nH]c3c2)[nH]n1. The molecule has 0 radical (unpaired) electrons. The first-order chi connectivity index (χ1) is 10.4. The number of imidazole rings is 1. The Morgan fingerprint density at radius 1 is 1.09 bits per heavy atom. The molecule has 3 aromatic rings. The number of hydrogen-bond acceptors (Lipinski definition) is 3. The van der Waals surface area contributed by atoms with Gasteiger partial charge in [0.15, 0.2) is 0 Å². The van der Waals surface area contributed by atoms with Crippen molar-refractivity contribution in [2.45, 2.75) is 39.3 Å². The molecule has 0 amide bonds. The number of fused-ring (bicyclic) bond motifs is 1. The average Bonchev–Trinajstić information content (AvgIpc) is 3.03. The van der Waals surface area contributed by atoms with Crippen molar-refractivity contribution in [3.8, 4) is 0 Å². The van der Waals surface area contributed by atoms with Gasteiger partial charge in [-0.1, -0.05) is 26.8 Å². The Labute approximate surface area is 128 Å². The average molecular weight is 299 g/mol. The molecule has 6 heteroatoms. The van der Waals surface area contributed by atoms with Crippen LogP contribution in [0.3, 0.4) is 0 Å². The molecule has 2 heterocycles. The third-order valence-electron chi connectivity index (χ3n) is 3.62. The lowest BCUT2D eigenvalue weighted by molar-refractivity contribution is 0.567. The summed E-state index contributed by atoms with van der Waals surface area (Å²) in [6.07, 6.45) is 0. The number of hydrogen-bond donors (Lipinski definition) is 4. The van der Waals surface area contributed by atoms with Crippen LogP contribution < -0.4 is 11.0 Å². The molecule has 2 aromatic heterocycles. The van der Waals surface area contributed by atoms with Crippen molar-refractivity contribution in [1.29, 1.82) is 0 Å². The van der Waals surface area contributed by atoms with E-state index in [1.54, 1.807) is 0 Å². The van der Waals surface area contributed by atoms with Gasteiger partial charge in [-0.05, 0) is 23.8 Å². The standard InChI is InChI=1S/C16H21N5O/c1-16(2,3)14-7-11(20-21-14)9-17-8-10-4-5-12-13(6-10)19-15(22)18-12/h4-7,17H,8-9H2,1-3H3,(H,20,21)(H2,18,19,22). The molecule has 0 unspecified atom stereocenters. The highest BCUT2D eigenvalue weighted by atomic mass is 16.1. The summed E-state index contributed by atoms with van der Waals surface area (Å²) in [5, 5.41) is 10.8. The van der Waals surface area contributed by atoms with E-state index in [1.165, 1.54) is 0 Å². The third-order valence-corrected chi connectivity index (χ3v) is 3.62. The van der Waals surface area contributed by atoms with Crippen LogP contribution in [0.1, 0.15) is 37.7 Å². The van der Waals surface area contributed by atoms with E-state index in [-0.39, 0.29) is 11.1 Å². The van der Waals surface area contributed by atoms with Crippen molar-refractivity contribution in [1.82, 2.24) is 25.5 Å². The number of aromatic amines is 3. The molecule has 3 rings (SSSR count). The molecule has 1 aromatic carbocycles. The molecule has 0 aliphatic heterocycles. The summed E-state index contributed by atoms with van der Waals surface area (Å²) in [5.41, 5.74) is 4.81. The van der Waals surface area contributed by atoms with Crippen LogP contribution >= 0.6 is 0 Å². The minimum absolute atomic E-state index is 0.0555. The number of aromatic nitrogens is 4. The number of H-pyrrole nitrogens is 3.